The van der Waals surface area contributed by atoms with E-state index < -0.39 is 0 Å². The summed E-state index contributed by atoms with van der Waals surface area (Å²) in [4.78, 5) is 6.84. The highest BCUT2D eigenvalue weighted by molar-refractivity contribution is 5.81. The van der Waals surface area contributed by atoms with Gasteiger partial charge in [0.2, 0.25) is 0 Å². The molecule has 0 bridgehead atoms. The zero-order valence-corrected chi connectivity index (χ0v) is 13.0. The summed E-state index contributed by atoms with van der Waals surface area (Å²) in [7, 11) is 4.20. The molecule has 1 aliphatic rings. The van der Waals surface area contributed by atoms with Crippen LogP contribution >= 0.6 is 0 Å². The summed E-state index contributed by atoms with van der Waals surface area (Å²) in [6.07, 6.45) is 5.27. The molecular weight excluding hydrogens is 260 g/mol. The largest absolute Gasteiger partial charge is 0.445 e. The van der Waals surface area contributed by atoms with Gasteiger partial charge >= 0.3 is 0 Å². The highest BCUT2D eigenvalue weighted by atomic mass is 16.4. The van der Waals surface area contributed by atoms with Gasteiger partial charge in [0.05, 0.1) is 0 Å². The molecule has 0 saturated heterocycles. The van der Waals surface area contributed by atoms with Crippen LogP contribution in [0.3, 0.4) is 0 Å². The Kier molecular flexibility index (Phi) is 3.93. The standard InChI is InChI=1S/C18H22N2O/c1-13-19-18-16(9-6-12-20(2)3)15-8-5-4-7-14(15)10-11-17(18)21-13/h4-5,7-9H,6,10-12H2,1-3H3/b16-9+. The molecule has 0 aliphatic heterocycles. The normalized spacial score (nSPS) is 15.9. The molecule has 0 fully saturated rings. The van der Waals surface area contributed by atoms with Gasteiger partial charge in [-0.1, -0.05) is 30.3 Å². The smallest absolute Gasteiger partial charge is 0.191 e. The number of fused-ring (bicyclic) bond motifs is 2. The predicted molar refractivity (Wildman–Crippen MR) is 85.3 cm³/mol. The highest BCUT2D eigenvalue weighted by Crippen LogP contribution is 2.33. The van der Waals surface area contributed by atoms with Crippen molar-refractivity contribution in [1.29, 1.82) is 0 Å². The molecule has 3 rings (SSSR count). The number of rotatable bonds is 3. The van der Waals surface area contributed by atoms with Crippen molar-refractivity contribution >= 4 is 5.57 Å². The molecule has 21 heavy (non-hydrogen) atoms. The zero-order chi connectivity index (χ0) is 14.8. The van der Waals surface area contributed by atoms with Crippen molar-refractivity contribution in [1.82, 2.24) is 9.88 Å². The zero-order valence-electron chi connectivity index (χ0n) is 13.0. The second kappa shape index (κ2) is 5.86. The first-order valence-electron chi connectivity index (χ1n) is 7.55. The number of oxazole rings is 1. The van der Waals surface area contributed by atoms with Gasteiger partial charge in [-0.25, -0.2) is 4.98 Å². The van der Waals surface area contributed by atoms with Crippen LogP contribution in [0.25, 0.3) is 5.57 Å². The van der Waals surface area contributed by atoms with Crippen molar-refractivity contribution in [3.8, 4) is 0 Å². The van der Waals surface area contributed by atoms with E-state index >= 15 is 0 Å². The molecule has 1 heterocycles. The third-order valence-corrected chi connectivity index (χ3v) is 3.91. The minimum atomic E-state index is 0.762. The second-order valence-corrected chi connectivity index (χ2v) is 5.87. The van der Waals surface area contributed by atoms with Gasteiger partial charge in [0.25, 0.3) is 0 Å². The van der Waals surface area contributed by atoms with Gasteiger partial charge in [-0.05, 0) is 38.1 Å². The Hall–Kier alpha value is -1.87. The van der Waals surface area contributed by atoms with Crippen molar-refractivity contribution in [2.24, 2.45) is 0 Å². The molecule has 3 heteroatoms. The molecule has 110 valence electrons. The van der Waals surface area contributed by atoms with Gasteiger partial charge in [-0.2, -0.15) is 0 Å². The Balaban J connectivity index is 2.06. The maximum atomic E-state index is 5.81. The number of hydrogen-bond donors (Lipinski definition) is 0. The van der Waals surface area contributed by atoms with Crippen LogP contribution < -0.4 is 0 Å². The average Bonchev–Trinajstić information content (AvgIpc) is 2.76. The summed E-state index contributed by atoms with van der Waals surface area (Å²) in [6, 6.07) is 8.64. The van der Waals surface area contributed by atoms with Gasteiger partial charge in [-0.15, -0.1) is 0 Å². The molecule has 0 unspecified atom stereocenters. The molecule has 2 aromatic rings. The van der Waals surface area contributed by atoms with Crippen molar-refractivity contribution in [2.75, 3.05) is 20.6 Å². The first kappa shape index (κ1) is 14.1. The van der Waals surface area contributed by atoms with Crippen LogP contribution in [-0.2, 0) is 12.8 Å². The van der Waals surface area contributed by atoms with E-state index in [0.717, 1.165) is 43.2 Å². The van der Waals surface area contributed by atoms with Crippen molar-refractivity contribution < 1.29 is 4.42 Å². The van der Waals surface area contributed by atoms with E-state index in [4.69, 9.17) is 4.42 Å². The second-order valence-electron chi connectivity index (χ2n) is 5.87. The lowest BCUT2D eigenvalue weighted by molar-refractivity contribution is 0.417. The fourth-order valence-corrected chi connectivity index (χ4v) is 2.90. The van der Waals surface area contributed by atoms with Crippen LogP contribution in [0.5, 0.6) is 0 Å². The van der Waals surface area contributed by atoms with Crippen LogP contribution in [0.15, 0.2) is 34.8 Å². The fourth-order valence-electron chi connectivity index (χ4n) is 2.90. The predicted octanol–water partition coefficient (Wildman–Crippen LogP) is 3.47. The van der Waals surface area contributed by atoms with E-state index in [1.54, 1.807) is 0 Å². The van der Waals surface area contributed by atoms with Gasteiger partial charge in [0.1, 0.15) is 11.5 Å². The first-order chi connectivity index (χ1) is 10.1. The molecule has 1 aliphatic carbocycles. The topological polar surface area (TPSA) is 29.3 Å². The van der Waals surface area contributed by atoms with Crippen LogP contribution in [-0.4, -0.2) is 30.5 Å². The number of aryl methyl sites for hydroxylation is 3. The third-order valence-electron chi connectivity index (χ3n) is 3.91. The summed E-state index contributed by atoms with van der Waals surface area (Å²) >= 11 is 0. The fraction of sp³-hybridized carbons (Fsp3) is 0.389. The molecule has 0 N–H and O–H groups in total. The Morgan fingerprint density at radius 3 is 2.86 bits per heavy atom. The van der Waals surface area contributed by atoms with Crippen LogP contribution in [0.4, 0.5) is 0 Å². The maximum absolute atomic E-state index is 5.81. The Labute approximate surface area is 126 Å². The molecule has 0 atom stereocenters. The van der Waals surface area contributed by atoms with E-state index in [1.165, 1.54) is 16.7 Å². The molecule has 1 aromatic carbocycles. The van der Waals surface area contributed by atoms with E-state index in [-0.39, 0.29) is 0 Å². The monoisotopic (exact) mass is 282 g/mol. The van der Waals surface area contributed by atoms with Gasteiger partial charge < -0.3 is 9.32 Å². The number of hydrogen-bond acceptors (Lipinski definition) is 3. The lowest BCUT2D eigenvalue weighted by Gasteiger charge is -2.10. The first-order valence-corrected chi connectivity index (χ1v) is 7.55. The maximum Gasteiger partial charge on any atom is 0.191 e. The van der Waals surface area contributed by atoms with Gasteiger partial charge in [0.15, 0.2) is 5.89 Å². The van der Waals surface area contributed by atoms with E-state index in [0.29, 0.717) is 0 Å². The molecule has 3 nitrogen and oxygen atoms in total. The summed E-state index contributed by atoms with van der Waals surface area (Å²) < 4.78 is 5.81. The summed E-state index contributed by atoms with van der Waals surface area (Å²) in [5.74, 6) is 1.79. The van der Waals surface area contributed by atoms with E-state index in [2.05, 4.69) is 54.3 Å². The number of benzene rings is 1. The summed E-state index contributed by atoms with van der Waals surface area (Å²) in [5, 5.41) is 0. The van der Waals surface area contributed by atoms with Gasteiger partial charge in [-0.3, -0.25) is 0 Å². The molecule has 0 amide bonds. The quantitative estimate of drug-likeness (QED) is 0.863. The Morgan fingerprint density at radius 2 is 2.05 bits per heavy atom. The van der Waals surface area contributed by atoms with Gasteiger partial charge in [0, 0.05) is 25.5 Å². The lowest BCUT2D eigenvalue weighted by Crippen LogP contribution is -2.12. The lowest BCUT2D eigenvalue weighted by atomic mass is 9.97. The highest BCUT2D eigenvalue weighted by Gasteiger charge is 2.22. The van der Waals surface area contributed by atoms with Crippen LogP contribution in [0.1, 0.15) is 34.9 Å². The van der Waals surface area contributed by atoms with E-state index in [9.17, 15) is 0 Å². The third kappa shape index (κ3) is 2.93. The minimum absolute atomic E-state index is 0.762. The summed E-state index contributed by atoms with van der Waals surface area (Å²) in [5.41, 5.74) is 4.97. The molecule has 0 spiro atoms. The van der Waals surface area contributed by atoms with Crippen molar-refractivity contribution in [3.05, 3.63) is 58.8 Å². The van der Waals surface area contributed by atoms with Crippen LogP contribution in [0.2, 0.25) is 0 Å². The average molecular weight is 282 g/mol. The van der Waals surface area contributed by atoms with E-state index in [1.807, 2.05) is 6.92 Å². The minimum Gasteiger partial charge on any atom is -0.445 e. The van der Waals surface area contributed by atoms with Crippen molar-refractivity contribution in [2.45, 2.75) is 26.2 Å². The number of nitrogens with zero attached hydrogens (tertiary/aromatic N) is 2. The summed E-state index contributed by atoms with van der Waals surface area (Å²) in [6.45, 7) is 2.97. The SMILES string of the molecule is Cc1nc2c(o1)CCc1ccccc1/C2=C\CCN(C)C. The molecule has 0 saturated carbocycles. The van der Waals surface area contributed by atoms with Crippen molar-refractivity contribution in [3.63, 3.8) is 0 Å². The van der Waals surface area contributed by atoms with Crippen LogP contribution in [0, 0.1) is 6.92 Å². The molecular formula is C18H22N2O. The Bertz CT molecular complexity index is 668. The number of aromatic nitrogens is 1. The molecule has 1 aromatic heterocycles. The Morgan fingerprint density at radius 1 is 1.24 bits per heavy atom. The molecule has 0 radical (unpaired) electrons.